The Morgan fingerprint density at radius 2 is 1.50 bits per heavy atom. The van der Waals surface area contributed by atoms with E-state index < -0.39 is 0 Å². The van der Waals surface area contributed by atoms with Crippen LogP contribution in [-0.4, -0.2) is 11.9 Å². The molecule has 4 rings (SSSR count). The summed E-state index contributed by atoms with van der Waals surface area (Å²) in [4.78, 5) is 13.9. The molecule has 0 atom stereocenters. The molecule has 1 heterocycles. The molecule has 0 radical (unpaired) electrons. The Morgan fingerprint density at radius 1 is 0.833 bits per heavy atom. The summed E-state index contributed by atoms with van der Waals surface area (Å²) < 4.78 is 11.2. The Balaban J connectivity index is 1.35. The molecule has 0 aliphatic carbocycles. The number of hydrogen-bond acceptors (Lipinski definition) is 4. The number of aryl methyl sites for hydroxylation is 1. The minimum Gasteiger partial charge on any atom is -0.489 e. The number of rotatable bonds is 7. The van der Waals surface area contributed by atoms with Gasteiger partial charge in [0.15, 0.2) is 0 Å². The van der Waals surface area contributed by atoms with Crippen LogP contribution in [0.25, 0.3) is 11.0 Å². The van der Waals surface area contributed by atoms with Crippen molar-refractivity contribution in [2.24, 2.45) is 0 Å². The summed E-state index contributed by atoms with van der Waals surface area (Å²) in [6.07, 6.45) is 0. The highest BCUT2D eigenvalue weighted by Crippen LogP contribution is 2.23. The molecule has 4 nitrogen and oxygen atoms in total. The van der Waals surface area contributed by atoms with Crippen LogP contribution in [0.5, 0.6) is 5.75 Å². The lowest BCUT2D eigenvalue weighted by Crippen LogP contribution is -2.17. The Kier molecular flexibility index (Phi) is 5.96. The maximum Gasteiger partial charge on any atom is 0.336 e. The standard InChI is InChI=1S/C26H25NO3/c1-19-14-26(28)30-25-15-23(12-13-24(19)25)29-18-22-10-8-21(9-11-22)17-27(2)16-20-6-4-3-5-7-20/h3-15H,16-18H2,1-2H3. The van der Waals surface area contributed by atoms with Crippen LogP contribution in [0.1, 0.15) is 22.3 Å². The first-order valence-corrected chi connectivity index (χ1v) is 10.0. The van der Waals surface area contributed by atoms with Gasteiger partial charge < -0.3 is 9.15 Å². The van der Waals surface area contributed by atoms with E-state index in [4.69, 9.17) is 9.15 Å². The van der Waals surface area contributed by atoms with Gasteiger partial charge in [0.1, 0.15) is 17.9 Å². The molecular weight excluding hydrogens is 374 g/mol. The van der Waals surface area contributed by atoms with E-state index >= 15 is 0 Å². The second kappa shape index (κ2) is 8.97. The largest absolute Gasteiger partial charge is 0.489 e. The molecule has 0 bridgehead atoms. The van der Waals surface area contributed by atoms with Crippen LogP contribution < -0.4 is 10.4 Å². The average molecular weight is 399 g/mol. The molecule has 3 aromatic carbocycles. The van der Waals surface area contributed by atoms with Crippen molar-refractivity contribution in [2.45, 2.75) is 26.6 Å². The van der Waals surface area contributed by atoms with Crippen LogP contribution in [0.3, 0.4) is 0 Å². The Morgan fingerprint density at radius 3 is 2.23 bits per heavy atom. The predicted molar refractivity (Wildman–Crippen MR) is 120 cm³/mol. The minimum atomic E-state index is -0.343. The molecule has 0 fully saturated rings. The summed E-state index contributed by atoms with van der Waals surface area (Å²) in [5.41, 5.74) is 4.78. The van der Waals surface area contributed by atoms with Gasteiger partial charge in [-0.15, -0.1) is 0 Å². The van der Waals surface area contributed by atoms with Gasteiger partial charge in [-0.2, -0.15) is 0 Å². The van der Waals surface area contributed by atoms with Crippen molar-refractivity contribution in [1.82, 2.24) is 4.90 Å². The number of benzene rings is 3. The predicted octanol–water partition coefficient (Wildman–Crippen LogP) is 5.31. The second-order valence-corrected chi connectivity index (χ2v) is 7.67. The van der Waals surface area contributed by atoms with Crippen molar-refractivity contribution in [3.63, 3.8) is 0 Å². The molecule has 4 aromatic rings. The first kappa shape index (κ1) is 19.9. The molecule has 0 saturated heterocycles. The lowest BCUT2D eigenvalue weighted by Gasteiger charge is -2.17. The van der Waals surface area contributed by atoms with E-state index in [0.717, 1.165) is 29.6 Å². The smallest absolute Gasteiger partial charge is 0.336 e. The Bertz CT molecular complexity index is 1180. The van der Waals surface area contributed by atoms with Gasteiger partial charge in [0, 0.05) is 30.6 Å². The molecular formula is C26H25NO3. The van der Waals surface area contributed by atoms with E-state index in [1.54, 1.807) is 6.07 Å². The molecule has 0 amide bonds. The van der Waals surface area contributed by atoms with Crippen molar-refractivity contribution >= 4 is 11.0 Å². The summed E-state index contributed by atoms with van der Waals surface area (Å²) in [5, 5.41) is 0.922. The topological polar surface area (TPSA) is 42.7 Å². The zero-order valence-corrected chi connectivity index (χ0v) is 17.3. The van der Waals surface area contributed by atoms with Gasteiger partial charge in [0.2, 0.25) is 0 Å². The summed E-state index contributed by atoms with van der Waals surface area (Å²) in [6.45, 7) is 4.17. The van der Waals surface area contributed by atoms with E-state index in [9.17, 15) is 4.79 Å². The monoisotopic (exact) mass is 399 g/mol. The zero-order valence-electron chi connectivity index (χ0n) is 17.3. The number of fused-ring (bicyclic) bond motifs is 1. The third-order valence-electron chi connectivity index (χ3n) is 5.10. The van der Waals surface area contributed by atoms with Crippen LogP contribution in [0, 0.1) is 6.92 Å². The minimum absolute atomic E-state index is 0.343. The summed E-state index contributed by atoms with van der Waals surface area (Å²) in [6, 6.07) is 26.1. The summed E-state index contributed by atoms with van der Waals surface area (Å²) in [7, 11) is 2.13. The van der Waals surface area contributed by atoms with Gasteiger partial charge in [-0.25, -0.2) is 4.79 Å². The highest BCUT2D eigenvalue weighted by Gasteiger charge is 2.05. The third kappa shape index (κ3) is 4.97. The van der Waals surface area contributed by atoms with Crippen LogP contribution >= 0.6 is 0 Å². The van der Waals surface area contributed by atoms with Gasteiger partial charge in [0.25, 0.3) is 0 Å². The third-order valence-corrected chi connectivity index (χ3v) is 5.10. The van der Waals surface area contributed by atoms with Gasteiger partial charge in [-0.05, 0) is 48.4 Å². The highest BCUT2D eigenvalue weighted by molar-refractivity contribution is 5.81. The van der Waals surface area contributed by atoms with Crippen LogP contribution in [0.15, 0.2) is 88.1 Å². The first-order valence-electron chi connectivity index (χ1n) is 10.0. The van der Waals surface area contributed by atoms with E-state index in [1.165, 1.54) is 17.2 Å². The summed E-state index contributed by atoms with van der Waals surface area (Å²) >= 11 is 0. The molecule has 30 heavy (non-hydrogen) atoms. The quantitative estimate of drug-likeness (QED) is 0.395. The number of ether oxygens (including phenoxy) is 1. The molecule has 0 N–H and O–H groups in total. The molecule has 0 aliphatic rings. The summed E-state index contributed by atoms with van der Waals surface area (Å²) in [5.74, 6) is 0.683. The molecule has 0 spiro atoms. The van der Waals surface area contributed by atoms with Crippen LogP contribution in [-0.2, 0) is 19.7 Å². The zero-order chi connectivity index (χ0) is 20.9. The van der Waals surface area contributed by atoms with E-state index in [1.807, 2.05) is 25.1 Å². The molecule has 1 aromatic heterocycles. The second-order valence-electron chi connectivity index (χ2n) is 7.67. The van der Waals surface area contributed by atoms with Gasteiger partial charge in [-0.3, -0.25) is 4.90 Å². The van der Waals surface area contributed by atoms with Crippen molar-refractivity contribution in [3.8, 4) is 5.75 Å². The lowest BCUT2D eigenvalue weighted by molar-refractivity contribution is 0.305. The van der Waals surface area contributed by atoms with Gasteiger partial charge in [-0.1, -0.05) is 54.6 Å². The lowest BCUT2D eigenvalue weighted by atomic mass is 10.1. The fraction of sp³-hybridized carbons (Fsp3) is 0.192. The van der Waals surface area contributed by atoms with Crippen molar-refractivity contribution in [2.75, 3.05) is 7.05 Å². The maximum atomic E-state index is 11.6. The molecule has 152 valence electrons. The highest BCUT2D eigenvalue weighted by atomic mass is 16.5. The normalized spacial score (nSPS) is 11.2. The Hall–Kier alpha value is -3.37. The fourth-order valence-electron chi connectivity index (χ4n) is 3.57. The van der Waals surface area contributed by atoms with E-state index in [2.05, 4.69) is 60.5 Å². The Labute approximate surface area is 176 Å². The van der Waals surface area contributed by atoms with E-state index in [0.29, 0.717) is 17.9 Å². The molecule has 0 saturated carbocycles. The van der Waals surface area contributed by atoms with E-state index in [-0.39, 0.29) is 5.63 Å². The van der Waals surface area contributed by atoms with Crippen LogP contribution in [0.2, 0.25) is 0 Å². The average Bonchev–Trinajstić information content (AvgIpc) is 2.73. The van der Waals surface area contributed by atoms with Crippen molar-refractivity contribution < 1.29 is 9.15 Å². The first-order chi connectivity index (χ1) is 14.6. The van der Waals surface area contributed by atoms with Gasteiger partial charge in [0.05, 0.1) is 0 Å². The van der Waals surface area contributed by atoms with Crippen LogP contribution in [0.4, 0.5) is 0 Å². The molecule has 0 aliphatic heterocycles. The SMILES string of the molecule is Cc1cc(=O)oc2cc(OCc3ccc(CN(C)Cc4ccccc4)cc3)ccc12. The van der Waals surface area contributed by atoms with Crippen molar-refractivity contribution in [3.05, 3.63) is 112 Å². The number of nitrogens with zero attached hydrogens (tertiary/aromatic N) is 1. The number of hydrogen-bond donors (Lipinski definition) is 0. The maximum absolute atomic E-state index is 11.6. The molecule has 0 unspecified atom stereocenters. The van der Waals surface area contributed by atoms with Crippen molar-refractivity contribution in [1.29, 1.82) is 0 Å². The van der Waals surface area contributed by atoms with Gasteiger partial charge >= 0.3 is 5.63 Å². The fourth-order valence-corrected chi connectivity index (χ4v) is 3.57. The molecule has 4 heteroatoms.